The van der Waals surface area contributed by atoms with Crippen molar-refractivity contribution in [2.24, 2.45) is 0 Å². The lowest BCUT2D eigenvalue weighted by Crippen LogP contribution is -2.61. The van der Waals surface area contributed by atoms with Crippen LogP contribution < -0.4 is 10.1 Å². The summed E-state index contributed by atoms with van der Waals surface area (Å²) >= 11 is 0. The summed E-state index contributed by atoms with van der Waals surface area (Å²) < 4.78 is 12.1. The smallest absolute Gasteiger partial charge is 0.128 e. The van der Waals surface area contributed by atoms with Crippen molar-refractivity contribution in [1.29, 1.82) is 0 Å². The molecule has 0 spiro atoms. The van der Waals surface area contributed by atoms with E-state index in [2.05, 4.69) is 51.2 Å². The van der Waals surface area contributed by atoms with E-state index in [1.807, 2.05) is 6.07 Å². The van der Waals surface area contributed by atoms with Gasteiger partial charge in [0.15, 0.2) is 0 Å². The fourth-order valence-corrected chi connectivity index (χ4v) is 2.76. The van der Waals surface area contributed by atoms with Crippen molar-refractivity contribution in [2.75, 3.05) is 13.2 Å². The highest BCUT2D eigenvalue weighted by Gasteiger charge is 2.43. The van der Waals surface area contributed by atoms with Crippen LogP contribution in [-0.2, 0) is 4.74 Å². The second-order valence-corrected chi connectivity index (χ2v) is 6.12. The van der Waals surface area contributed by atoms with E-state index in [1.54, 1.807) is 0 Å². The number of likely N-dealkylation sites (N-methyl/N-ethyl adjacent to an activating group) is 1. The van der Waals surface area contributed by atoms with Crippen molar-refractivity contribution in [3.05, 3.63) is 29.8 Å². The number of ether oxygens (including phenoxy) is 2. The Hall–Kier alpha value is -1.06. The van der Waals surface area contributed by atoms with Crippen molar-refractivity contribution in [3.8, 4) is 5.75 Å². The molecule has 1 fully saturated rings. The van der Waals surface area contributed by atoms with Gasteiger partial charge < -0.3 is 14.8 Å². The third kappa shape index (κ3) is 4.21. The molecule has 0 heterocycles. The summed E-state index contributed by atoms with van der Waals surface area (Å²) in [6.07, 6.45) is 2.41. The van der Waals surface area contributed by atoms with E-state index in [9.17, 15) is 0 Å². The Morgan fingerprint density at radius 3 is 2.76 bits per heavy atom. The SMILES string of the molecule is CCCOC1C(NCC)CC1Oc1cccc(C(C)C)c1. The molecule has 0 amide bonds. The predicted octanol–water partition coefficient (Wildman–Crippen LogP) is 3.73. The molecule has 3 heteroatoms. The molecule has 1 aromatic carbocycles. The molecular formula is C18H29NO2. The second-order valence-electron chi connectivity index (χ2n) is 6.12. The Bertz CT molecular complexity index is 433. The average Bonchev–Trinajstić information content (AvgIpc) is 2.46. The van der Waals surface area contributed by atoms with Gasteiger partial charge in [-0.25, -0.2) is 0 Å². The zero-order valence-electron chi connectivity index (χ0n) is 13.8. The van der Waals surface area contributed by atoms with Crippen molar-refractivity contribution < 1.29 is 9.47 Å². The molecule has 3 unspecified atom stereocenters. The molecule has 0 radical (unpaired) electrons. The Morgan fingerprint density at radius 1 is 1.29 bits per heavy atom. The second kappa shape index (κ2) is 7.81. The minimum absolute atomic E-state index is 0.169. The summed E-state index contributed by atoms with van der Waals surface area (Å²) in [5, 5.41) is 3.48. The van der Waals surface area contributed by atoms with Crippen LogP contribution in [0.1, 0.15) is 52.0 Å². The van der Waals surface area contributed by atoms with Gasteiger partial charge in [0.25, 0.3) is 0 Å². The monoisotopic (exact) mass is 291 g/mol. The Labute approximate surface area is 129 Å². The van der Waals surface area contributed by atoms with Gasteiger partial charge in [0, 0.05) is 19.1 Å². The van der Waals surface area contributed by atoms with Crippen LogP contribution in [0, 0.1) is 0 Å². The third-order valence-electron chi connectivity index (χ3n) is 4.04. The fraction of sp³-hybridized carbons (Fsp3) is 0.667. The fourth-order valence-electron chi connectivity index (χ4n) is 2.76. The average molecular weight is 291 g/mol. The van der Waals surface area contributed by atoms with Gasteiger partial charge in [-0.1, -0.05) is 39.8 Å². The lowest BCUT2D eigenvalue weighted by Gasteiger charge is -2.44. The summed E-state index contributed by atoms with van der Waals surface area (Å²) in [5.41, 5.74) is 1.32. The van der Waals surface area contributed by atoms with Crippen LogP contribution in [0.25, 0.3) is 0 Å². The van der Waals surface area contributed by atoms with E-state index >= 15 is 0 Å². The summed E-state index contributed by atoms with van der Waals surface area (Å²) in [6, 6.07) is 8.86. The molecule has 1 aliphatic carbocycles. The predicted molar refractivity (Wildman–Crippen MR) is 87.1 cm³/mol. The van der Waals surface area contributed by atoms with E-state index in [4.69, 9.17) is 9.47 Å². The summed E-state index contributed by atoms with van der Waals surface area (Å²) in [5.74, 6) is 1.49. The first-order chi connectivity index (χ1) is 10.2. The summed E-state index contributed by atoms with van der Waals surface area (Å²) in [7, 11) is 0. The molecule has 3 atom stereocenters. The van der Waals surface area contributed by atoms with Gasteiger partial charge in [0.1, 0.15) is 18.0 Å². The van der Waals surface area contributed by atoms with E-state index in [1.165, 1.54) is 5.56 Å². The molecule has 0 aliphatic heterocycles. The van der Waals surface area contributed by atoms with Gasteiger partial charge in [0.2, 0.25) is 0 Å². The van der Waals surface area contributed by atoms with Crippen molar-refractivity contribution >= 4 is 0 Å². The van der Waals surface area contributed by atoms with E-state index in [0.717, 1.165) is 31.7 Å². The molecule has 0 bridgehead atoms. The highest BCUT2D eigenvalue weighted by molar-refractivity contribution is 5.30. The number of hydrogen-bond donors (Lipinski definition) is 1. The van der Waals surface area contributed by atoms with E-state index < -0.39 is 0 Å². The topological polar surface area (TPSA) is 30.5 Å². The molecule has 21 heavy (non-hydrogen) atoms. The Kier molecular flexibility index (Phi) is 6.07. The number of hydrogen-bond acceptors (Lipinski definition) is 3. The molecule has 3 nitrogen and oxygen atoms in total. The summed E-state index contributed by atoms with van der Waals surface area (Å²) in [6.45, 7) is 10.5. The van der Waals surface area contributed by atoms with Crippen molar-refractivity contribution in [3.63, 3.8) is 0 Å². The molecule has 1 N–H and O–H groups in total. The minimum atomic E-state index is 0.169. The van der Waals surface area contributed by atoms with E-state index in [0.29, 0.717) is 12.0 Å². The minimum Gasteiger partial charge on any atom is -0.488 e. The Balaban J connectivity index is 1.96. The van der Waals surface area contributed by atoms with Crippen LogP contribution in [0.3, 0.4) is 0 Å². The first-order valence-electron chi connectivity index (χ1n) is 8.27. The van der Waals surface area contributed by atoms with Crippen LogP contribution in [0.5, 0.6) is 5.75 Å². The number of rotatable bonds is 8. The molecule has 2 rings (SSSR count). The lowest BCUT2D eigenvalue weighted by atomic mass is 9.85. The van der Waals surface area contributed by atoms with E-state index in [-0.39, 0.29) is 12.2 Å². The maximum absolute atomic E-state index is 6.16. The van der Waals surface area contributed by atoms with Gasteiger partial charge in [-0.05, 0) is 36.6 Å². The zero-order valence-corrected chi connectivity index (χ0v) is 13.8. The molecule has 1 aromatic rings. The first-order valence-corrected chi connectivity index (χ1v) is 8.27. The largest absolute Gasteiger partial charge is 0.488 e. The number of nitrogens with one attached hydrogen (secondary N) is 1. The highest BCUT2D eigenvalue weighted by Crippen LogP contribution is 2.30. The Morgan fingerprint density at radius 2 is 2.10 bits per heavy atom. The molecular weight excluding hydrogens is 262 g/mol. The molecule has 118 valence electrons. The summed E-state index contributed by atoms with van der Waals surface area (Å²) in [4.78, 5) is 0. The van der Waals surface area contributed by atoms with Gasteiger partial charge in [-0.3, -0.25) is 0 Å². The van der Waals surface area contributed by atoms with Crippen LogP contribution in [0.15, 0.2) is 24.3 Å². The normalized spacial score (nSPS) is 24.9. The molecule has 0 aromatic heterocycles. The van der Waals surface area contributed by atoms with Gasteiger partial charge >= 0.3 is 0 Å². The number of benzene rings is 1. The van der Waals surface area contributed by atoms with Gasteiger partial charge in [-0.15, -0.1) is 0 Å². The van der Waals surface area contributed by atoms with Gasteiger partial charge in [0.05, 0.1) is 0 Å². The maximum atomic E-state index is 6.16. The molecule has 0 saturated heterocycles. The van der Waals surface area contributed by atoms with Crippen molar-refractivity contribution in [2.45, 2.75) is 64.7 Å². The standard InChI is InChI=1S/C18H29NO2/c1-5-10-20-18-16(19-6-2)12-17(18)21-15-9-7-8-14(11-15)13(3)4/h7-9,11,13,16-19H,5-6,10,12H2,1-4H3. The molecule has 1 saturated carbocycles. The molecule has 1 aliphatic rings. The maximum Gasteiger partial charge on any atom is 0.128 e. The first kappa shape index (κ1) is 16.3. The van der Waals surface area contributed by atoms with Crippen molar-refractivity contribution in [1.82, 2.24) is 5.32 Å². The zero-order chi connectivity index (χ0) is 15.2. The highest BCUT2D eigenvalue weighted by atomic mass is 16.5. The van der Waals surface area contributed by atoms with Crippen LogP contribution in [0.2, 0.25) is 0 Å². The van der Waals surface area contributed by atoms with Crippen LogP contribution >= 0.6 is 0 Å². The van der Waals surface area contributed by atoms with Crippen LogP contribution in [-0.4, -0.2) is 31.4 Å². The lowest BCUT2D eigenvalue weighted by molar-refractivity contribution is -0.107. The third-order valence-corrected chi connectivity index (χ3v) is 4.04. The quantitative estimate of drug-likeness (QED) is 0.791. The van der Waals surface area contributed by atoms with Gasteiger partial charge in [-0.2, -0.15) is 0 Å². The van der Waals surface area contributed by atoms with Crippen LogP contribution in [0.4, 0.5) is 0 Å².